The largest absolute Gasteiger partial charge is 0.459 e. The van der Waals surface area contributed by atoms with Crippen molar-refractivity contribution in [3.8, 4) is 0 Å². The average Bonchev–Trinajstić information content (AvgIpc) is 3.11. The highest BCUT2D eigenvalue weighted by atomic mass is 16.6. The van der Waals surface area contributed by atoms with Gasteiger partial charge in [0.1, 0.15) is 16.8 Å². The number of amides is 1. The topological polar surface area (TPSA) is 216 Å². The third-order valence-corrected chi connectivity index (χ3v) is 8.07. The zero-order chi connectivity index (χ0) is 44.9. The molecule has 0 bridgehead atoms. The fourth-order valence-electron chi connectivity index (χ4n) is 5.53. The van der Waals surface area contributed by atoms with Gasteiger partial charge in [-0.25, -0.2) is 0 Å². The maximum atomic E-state index is 13.1. The van der Waals surface area contributed by atoms with E-state index in [0.717, 1.165) is 0 Å². The highest BCUT2D eigenvalue weighted by molar-refractivity contribution is 5.78. The van der Waals surface area contributed by atoms with Gasteiger partial charge < -0.3 is 43.2 Å². The Morgan fingerprint density at radius 2 is 0.767 bits per heavy atom. The van der Waals surface area contributed by atoms with Crippen molar-refractivity contribution in [3.63, 3.8) is 0 Å². The van der Waals surface area contributed by atoms with E-state index in [1.165, 1.54) is 0 Å². The molecule has 60 heavy (non-hydrogen) atoms. The molecule has 1 amide bonds. The summed E-state index contributed by atoms with van der Waals surface area (Å²) in [4.78, 5) is 62.6. The Balaban J connectivity index is 2.70. The molecule has 1 N–H and O–H groups in total. The standard InChI is InChI=1S/C40H76N8O12/c1-38(2,3)58-35(50)31-46-14-12-45(30-34(49)42-10-20-53-22-24-55-26-28-57-29-27-56-25-23-54-21-11-43-44-41)13-15-47(32-36(51)59-39(4,5)6)17-19-48(18-16-46)33-37(52)60-40(7,8)9/h10-33H2,1-9H3,(H,42,49). The molecule has 0 spiro atoms. The number of azide groups is 1. The van der Waals surface area contributed by atoms with Crippen molar-refractivity contribution in [2.75, 3.05) is 158 Å². The lowest BCUT2D eigenvalue weighted by Gasteiger charge is -2.34. The molecule has 0 radical (unpaired) electrons. The van der Waals surface area contributed by atoms with Crippen LogP contribution in [0.15, 0.2) is 5.11 Å². The van der Waals surface area contributed by atoms with Crippen LogP contribution < -0.4 is 5.32 Å². The average molecular weight is 861 g/mol. The van der Waals surface area contributed by atoms with Crippen LogP contribution in [0.25, 0.3) is 10.4 Å². The molecule has 0 aromatic carbocycles. The molecule has 0 saturated carbocycles. The second kappa shape index (κ2) is 30.8. The van der Waals surface area contributed by atoms with Gasteiger partial charge in [0, 0.05) is 70.4 Å². The van der Waals surface area contributed by atoms with Crippen molar-refractivity contribution in [2.45, 2.75) is 79.1 Å². The fourth-order valence-corrected chi connectivity index (χ4v) is 5.53. The Bertz CT molecular complexity index is 1220. The van der Waals surface area contributed by atoms with Gasteiger partial charge in [-0.15, -0.1) is 0 Å². The minimum Gasteiger partial charge on any atom is -0.459 e. The number of nitrogens with zero attached hydrogens (tertiary/aromatic N) is 7. The van der Waals surface area contributed by atoms with Gasteiger partial charge in [-0.05, 0) is 67.8 Å². The molecule has 1 aliphatic heterocycles. The van der Waals surface area contributed by atoms with Crippen LogP contribution in [0.4, 0.5) is 0 Å². The maximum Gasteiger partial charge on any atom is 0.320 e. The van der Waals surface area contributed by atoms with Gasteiger partial charge in [-0.2, -0.15) is 0 Å². The number of nitrogens with one attached hydrogen (secondary N) is 1. The van der Waals surface area contributed by atoms with E-state index in [1.807, 2.05) is 81.9 Å². The molecular weight excluding hydrogens is 784 g/mol. The Morgan fingerprint density at radius 1 is 0.483 bits per heavy atom. The summed E-state index contributed by atoms with van der Waals surface area (Å²) in [5, 5.41) is 6.30. The maximum absolute atomic E-state index is 13.1. The molecule has 1 heterocycles. The summed E-state index contributed by atoms with van der Waals surface area (Å²) in [7, 11) is 0. The lowest BCUT2D eigenvalue weighted by atomic mass is 10.2. The highest BCUT2D eigenvalue weighted by Gasteiger charge is 2.26. The number of carbonyl (C=O) groups excluding carboxylic acids is 4. The quantitative estimate of drug-likeness (QED) is 0.0327. The first kappa shape index (κ1) is 54.8. The van der Waals surface area contributed by atoms with Crippen molar-refractivity contribution in [3.05, 3.63) is 10.4 Å². The summed E-state index contributed by atoms with van der Waals surface area (Å²) >= 11 is 0. The van der Waals surface area contributed by atoms with Crippen LogP contribution in [0, 0.1) is 0 Å². The summed E-state index contributed by atoms with van der Waals surface area (Å²) in [5.41, 5.74) is 6.27. The highest BCUT2D eigenvalue weighted by Crippen LogP contribution is 2.11. The van der Waals surface area contributed by atoms with E-state index in [4.69, 9.17) is 43.4 Å². The van der Waals surface area contributed by atoms with Crippen LogP contribution in [0.3, 0.4) is 0 Å². The molecule has 0 aromatic heterocycles. The van der Waals surface area contributed by atoms with Gasteiger partial charge in [0.25, 0.3) is 0 Å². The first-order valence-electron chi connectivity index (χ1n) is 21.0. The van der Waals surface area contributed by atoms with Gasteiger partial charge in [-0.3, -0.25) is 38.8 Å². The van der Waals surface area contributed by atoms with Crippen molar-refractivity contribution >= 4 is 23.8 Å². The summed E-state index contributed by atoms with van der Waals surface area (Å²) in [6.45, 7) is 24.9. The molecule has 1 fully saturated rings. The third-order valence-electron chi connectivity index (χ3n) is 8.07. The number of esters is 3. The summed E-state index contributed by atoms with van der Waals surface area (Å²) < 4.78 is 44.2. The van der Waals surface area contributed by atoms with Crippen molar-refractivity contribution < 1.29 is 57.1 Å². The molecule has 20 nitrogen and oxygen atoms in total. The summed E-state index contributed by atoms with van der Waals surface area (Å²) in [6.07, 6.45) is 0. The van der Waals surface area contributed by atoms with E-state index in [0.29, 0.717) is 132 Å². The number of hydrogen-bond acceptors (Lipinski definition) is 17. The summed E-state index contributed by atoms with van der Waals surface area (Å²) in [6, 6.07) is 0. The monoisotopic (exact) mass is 861 g/mol. The zero-order valence-electron chi connectivity index (χ0n) is 38.0. The van der Waals surface area contributed by atoms with Crippen LogP contribution in [0.1, 0.15) is 62.3 Å². The Morgan fingerprint density at radius 3 is 1.07 bits per heavy atom. The molecule has 20 heteroatoms. The molecular formula is C40H76N8O12. The number of hydrogen-bond donors (Lipinski definition) is 1. The third kappa shape index (κ3) is 33.5. The predicted molar refractivity (Wildman–Crippen MR) is 224 cm³/mol. The van der Waals surface area contributed by atoms with Crippen LogP contribution in [0.2, 0.25) is 0 Å². The summed E-state index contributed by atoms with van der Waals surface area (Å²) in [5.74, 6) is -1.26. The van der Waals surface area contributed by atoms with E-state index >= 15 is 0 Å². The molecule has 1 aliphatic rings. The fraction of sp³-hybridized carbons (Fsp3) is 0.900. The van der Waals surface area contributed by atoms with Crippen LogP contribution in [0.5, 0.6) is 0 Å². The predicted octanol–water partition coefficient (Wildman–Crippen LogP) is 1.74. The molecule has 0 atom stereocenters. The lowest BCUT2D eigenvalue weighted by molar-refractivity contribution is -0.158. The van der Waals surface area contributed by atoms with E-state index < -0.39 is 16.8 Å². The smallest absolute Gasteiger partial charge is 0.320 e. The molecule has 0 unspecified atom stereocenters. The van der Waals surface area contributed by atoms with Crippen LogP contribution >= 0.6 is 0 Å². The SMILES string of the molecule is CC(C)(C)OC(=O)CN1CCN(CC(=O)NCCOCCOCCOCCOCCOCCN=[N+]=[N-])CCN(CC(=O)OC(C)(C)C)CCN(CC(=O)OC(C)(C)C)CC1. The van der Waals surface area contributed by atoms with Crippen LogP contribution in [-0.4, -0.2) is 218 Å². The minimum atomic E-state index is -0.648. The van der Waals surface area contributed by atoms with E-state index in [1.54, 1.807) is 0 Å². The molecule has 1 rings (SSSR count). The van der Waals surface area contributed by atoms with E-state index in [-0.39, 0.29) is 50.0 Å². The first-order valence-corrected chi connectivity index (χ1v) is 21.0. The van der Waals surface area contributed by atoms with Crippen molar-refractivity contribution in [2.24, 2.45) is 5.11 Å². The van der Waals surface area contributed by atoms with Crippen molar-refractivity contribution in [1.82, 2.24) is 24.9 Å². The Kier molecular flexibility index (Phi) is 28.1. The second-order valence-electron chi connectivity index (χ2n) is 17.2. The molecule has 1 saturated heterocycles. The number of carbonyl (C=O) groups is 4. The Hall–Kier alpha value is -3.17. The zero-order valence-corrected chi connectivity index (χ0v) is 38.0. The lowest BCUT2D eigenvalue weighted by Crippen LogP contribution is -2.50. The second-order valence-corrected chi connectivity index (χ2v) is 17.2. The minimum absolute atomic E-state index is 0.0471. The molecule has 0 aliphatic carbocycles. The normalized spacial score (nSPS) is 15.9. The number of ether oxygens (including phenoxy) is 8. The first-order chi connectivity index (χ1) is 28.2. The van der Waals surface area contributed by atoms with Gasteiger partial charge in [-0.1, -0.05) is 5.11 Å². The Labute approximate surface area is 357 Å². The van der Waals surface area contributed by atoms with Crippen molar-refractivity contribution in [1.29, 1.82) is 0 Å². The van der Waals surface area contributed by atoms with E-state index in [9.17, 15) is 19.2 Å². The molecule has 348 valence electrons. The van der Waals surface area contributed by atoms with Gasteiger partial charge in [0.15, 0.2) is 0 Å². The van der Waals surface area contributed by atoms with E-state index in [2.05, 4.69) is 15.3 Å². The van der Waals surface area contributed by atoms with Gasteiger partial charge in [0.2, 0.25) is 5.91 Å². The van der Waals surface area contributed by atoms with Gasteiger partial charge >= 0.3 is 17.9 Å². The molecule has 0 aromatic rings. The van der Waals surface area contributed by atoms with Crippen LogP contribution in [-0.2, 0) is 57.1 Å². The number of rotatable bonds is 26. The van der Waals surface area contributed by atoms with Gasteiger partial charge in [0.05, 0.1) is 92.2 Å².